The summed E-state index contributed by atoms with van der Waals surface area (Å²) < 4.78 is 0. The van der Waals surface area contributed by atoms with Gasteiger partial charge in [-0.1, -0.05) is 13.3 Å². The molecule has 2 rings (SSSR count). The molecule has 1 saturated heterocycles. The molecule has 1 N–H and O–H groups in total. The van der Waals surface area contributed by atoms with Gasteiger partial charge < -0.3 is 0 Å². The Kier molecular flexibility index (Phi) is 3.05. The first kappa shape index (κ1) is 10.6. The zero-order valence-corrected chi connectivity index (χ0v) is 9.16. The summed E-state index contributed by atoms with van der Waals surface area (Å²) in [6, 6.07) is 0. The molecule has 1 aliphatic carbocycles. The SMILES string of the molecule is CC1CCC(CN2CC(=O)NC(=O)C2)C1. The second kappa shape index (κ2) is 4.31. The average molecular weight is 210 g/mol. The first-order valence-corrected chi connectivity index (χ1v) is 5.68. The van der Waals surface area contributed by atoms with Gasteiger partial charge in [-0.2, -0.15) is 0 Å². The highest BCUT2D eigenvalue weighted by molar-refractivity contribution is 5.99. The molecule has 2 aliphatic rings. The van der Waals surface area contributed by atoms with Gasteiger partial charge in [0.1, 0.15) is 0 Å². The van der Waals surface area contributed by atoms with Crippen molar-refractivity contribution in [3.8, 4) is 0 Å². The molecule has 4 nitrogen and oxygen atoms in total. The van der Waals surface area contributed by atoms with E-state index < -0.39 is 0 Å². The monoisotopic (exact) mass is 210 g/mol. The average Bonchev–Trinajstić information content (AvgIpc) is 2.49. The van der Waals surface area contributed by atoms with Crippen LogP contribution in [0.25, 0.3) is 0 Å². The molecule has 0 aromatic rings. The fraction of sp³-hybridized carbons (Fsp3) is 0.818. The Balaban J connectivity index is 1.83. The molecule has 0 radical (unpaired) electrons. The van der Waals surface area contributed by atoms with Gasteiger partial charge >= 0.3 is 0 Å². The van der Waals surface area contributed by atoms with E-state index in [9.17, 15) is 9.59 Å². The van der Waals surface area contributed by atoms with Crippen LogP contribution in [0.1, 0.15) is 26.2 Å². The minimum atomic E-state index is -0.155. The number of hydrogen-bond donors (Lipinski definition) is 1. The Labute approximate surface area is 90.0 Å². The van der Waals surface area contributed by atoms with Gasteiger partial charge in [-0.3, -0.25) is 19.8 Å². The van der Waals surface area contributed by atoms with Gasteiger partial charge in [-0.25, -0.2) is 0 Å². The molecule has 0 bridgehead atoms. The third-order valence-electron chi connectivity index (χ3n) is 3.33. The lowest BCUT2D eigenvalue weighted by Crippen LogP contribution is -2.52. The van der Waals surface area contributed by atoms with Gasteiger partial charge in [0.05, 0.1) is 13.1 Å². The molecule has 2 atom stereocenters. The van der Waals surface area contributed by atoms with Crippen molar-refractivity contribution < 1.29 is 9.59 Å². The van der Waals surface area contributed by atoms with Crippen molar-refractivity contribution in [3.05, 3.63) is 0 Å². The second-order valence-electron chi connectivity index (χ2n) is 4.93. The molecular weight excluding hydrogens is 192 g/mol. The van der Waals surface area contributed by atoms with E-state index in [0.29, 0.717) is 19.0 Å². The quantitative estimate of drug-likeness (QED) is 0.670. The van der Waals surface area contributed by atoms with Gasteiger partial charge in [0, 0.05) is 6.54 Å². The van der Waals surface area contributed by atoms with Crippen LogP contribution in [0.3, 0.4) is 0 Å². The van der Waals surface area contributed by atoms with Crippen molar-refractivity contribution in [2.75, 3.05) is 19.6 Å². The largest absolute Gasteiger partial charge is 0.294 e. The highest BCUT2D eigenvalue weighted by atomic mass is 16.2. The maximum absolute atomic E-state index is 11.1. The molecule has 0 aromatic heterocycles. The van der Waals surface area contributed by atoms with Crippen LogP contribution in [0.2, 0.25) is 0 Å². The number of carbonyl (C=O) groups excluding carboxylic acids is 2. The molecular formula is C11H18N2O2. The fourth-order valence-electron chi connectivity index (χ4n) is 2.68. The molecule has 4 heteroatoms. The van der Waals surface area contributed by atoms with E-state index in [1.807, 2.05) is 4.90 Å². The first-order valence-electron chi connectivity index (χ1n) is 5.68. The Morgan fingerprint density at radius 3 is 2.47 bits per heavy atom. The minimum absolute atomic E-state index is 0.155. The molecule has 0 aromatic carbocycles. The van der Waals surface area contributed by atoms with Crippen LogP contribution < -0.4 is 5.32 Å². The number of rotatable bonds is 2. The van der Waals surface area contributed by atoms with Crippen LogP contribution in [0.5, 0.6) is 0 Å². The lowest BCUT2D eigenvalue weighted by Gasteiger charge is -2.27. The third kappa shape index (κ3) is 2.78. The molecule has 2 fully saturated rings. The number of nitrogens with zero attached hydrogens (tertiary/aromatic N) is 1. The Hall–Kier alpha value is -0.900. The van der Waals surface area contributed by atoms with Crippen LogP contribution >= 0.6 is 0 Å². The van der Waals surface area contributed by atoms with Gasteiger partial charge in [0.25, 0.3) is 0 Å². The second-order valence-corrected chi connectivity index (χ2v) is 4.93. The number of amides is 2. The third-order valence-corrected chi connectivity index (χ3v) is 3.33. The van der Waals surface area contributed by atoms with Gasteiger partial charge in [0.2, 0.25) is 11.8 Å². The van der Waals surface area contributed by atoms with E-state index in [1.54, 1.807) is 0 Å². The van der Waals surface area contributed by atoms with E-state index in [1.165, 1.54) is 19.3 Å². The van der Waals surface area contributed by atoms with Crippen LogP contribution in [0.4, 0.5) is 0 Å². The Morgan fingerprint density at radius 1 is 1.27 bits per heavy atom. The van der Waals surface area contributed by atoms with Crippen LogP contribution in [-0.2, 0) is 9.59 Å². The summed E-state index contributed by atoms with van der Waals surface area (Å²) in [6.45, 7) is 3.95. The topological polar surface area (TPSA) is 49.4 Å². The number of nitrogens with one attached hydrogen (secondary N) is 1. The van der Waals surface area contributed by atoms with Crippen molar-refractivity contribution in [2.24, 2.45) is 11.8 Å². The molecule has 2 amide bonds. The van der Waals surface area contributed by atoms with Crippen molar-refractivity contribution in [1.29, 1.82) is 0 Å². The zero-order chi connectivity index (χ0) is 10.8. The summed E-state index contributed by atoms with van der Waals surface area (Å²) in [6.07, 6.45) is 3.78. The van der Waals surface area contributed by atoms with E-state index in [-0.39, 0.29) is 11.8 Å². The van der Waals surface area contributed by atoms with Crippen LogP contribution in [-0.4, -0.2) is 36.3 Å². The van der Waals surface area contributed by atoms with Crippen molar-refractivity contribution in [2.45, 2.75) is 26.2 Å². The van der Waals surface area contributed by atoms with Crippen LogP contribution in [0.15, 0.2) is 0 Å². The lowest BCUT2D eigenvalue weighted by molar-refractivity contribution is -0.136. The normalized spacial score (nSPS) is 33.1. The summed E-state index contributed by atoms with van der Waals surface area (Å²) in [5, 5.41) is 2.32. The minimum Gasteiger partial charge on any atom is -0.294 e. The summed E-state index contributed by atoms with van der Waals surface area (Å²) >= 11 is 0. The summed E-state index contributed by atoms with van der Waals surface area (Å²) in [5.74, 6) is 1.18. The summed E-state index contributed by atoms with van der Waals surface area (Å²) in [7, 11) is 0. The first-order chi connectivity index (χ1) is 7.13. The molecule has 84 valence electrons. The molecule has 1 aliphatic heterocycles. The summed E-state index contributed by atoms with van der Waals surface area (Å²) in [5.41, 5.74) is 0. The molecule has 0 spiro atoms. The van der Waals surface area contributed by atoms with E-state index in [4.69, 9.17) is 0 Å². The standard InChI is InChI=1S/C11H18N2O2/c1-8-2-3-9(4-8)5-13-6-10(14)12-11(15)7-13/h8-9H,2-7H2,1H3,(H,12,14,15). The van der Waals surface area contributed by atoms with Gasteiger partial charge in [0.15, 0.2) is 0 Å². The molecule has 1 heterocycles. The van der Waals surface area contributed by atoms with Crippen molar-refractivity contribution in [1.82, 2.24) is 10.2 Å². The number of piperazine rings is 1. The Bertz CT molecular complexity index is 262. The van der Waals surface area contributed by atoms with E-state index in [2.05, 4.69) is 12.2 Å². The number of hydrogen-bond acceptors (Lipinski definition) is 3. The molecule has 15 heavy (non-hydrogen) atoms. The van der Waals surface area contributed by atoms with Crippen molar-refractivity contribution in [3.63, 3.8) is 0 Å². The summed E-state index contributed by atoms with van der Waals surface area (Å²) in [4.78, 5) is 24.3. The predicted molar refractivity (Wildman–Crippen MR) is 56.1 cm³/mol. The Morgan fingerprint density at radius 2 is 1.93 bits per heavy atom. The number of carbonyl (C=O) groups is 2. The molecule has 2 unspecified atom stereocenters. The predicted octanol–water partition coefficient (Wildman–Crippen LogP) is 0.381. The van der Waals surface area contributed by atoms with Crippen molar-refractivity contribution >= 4 is 11.8 Å². The highest BCUT2D eigenvalue weighted by Gasteiger charge is 2.27. The van der Waals surface area contributed by atoms with E-state index >= 15 is 0 Å². The maximum atomic E-state index is 11.1. The van der Waals surface area contributed by atoms with Gasteiger partial charge in [-0.05, 0) is 24.7 Å². The molecule has 1 saturated carbocycles. The highest BCUT2D eigenvalue weighted by Crippen LogP contribution is 2.30. The zero-order valence-electron chi connectivity index (χ0n) is 9.16. The van der Waals surface area contributed by atoms with Crippen LogP contribution in [0, 0.1) is 11.8 Å². The fourth-order valence-corrected chi connectivity index (χ4v) is 2.68. The maximum Gasteiger partial charge on any atom is 0.240 e. The van der Waals surface area contributed by atoms with E-state index in [0.717, 1.165) is 12.5 Å². The number of imide groups is 1. The lowest BCUT2D eigenvalue weighted by atomic mass is 10.1. The smallest absolute Gasteiger partial charge is 0.240 e. The van der Waals surface area contributed by atoms with Gasteiger partial charge in [-0.15, -0.1) is 0 Å².